The minimum Gasteiger partial charge on any atom is -0.388 e. The van der Waals surface area contributed by atoms with Crippen molar-refractivity contribution in [3.05, 3.63) is 11.7 Å². The molecule has 0 bridgehead atoms. The maximum absolute atomic E-state index is 11.6. The van der Waals surface area contributed by atoms with Gasteiger partial charge in [0.1, 0.15) is 0 Å². The lowest BCUT2D eigenvalue weighted by atomic mass is 9.95. The van der Waals surface area contributed by atoms with Gasteiger partial charge in [-0.05, 0) is 32.6 Å². The molecule has 0 spiro atoms. The van der Waals surface area contributed by atoms with Crippen LogP contribution in [0.5, 0.6) is 0 Å². The molecule has 7 nitrogen and oxygen atoms in total. The van der Waals surface area contributed by atoms with Crippen LogP contribution in [-0.4, -0.2) is 40.0 Å². The number of hydrogen-bond donors (Lipinski definition) is 3. The lowest BCUT2D eigenvalue weighted by Gasteiger charge is -2.24. The van der Waals surface area contributed by atoms with Crippen molar-refractivity contribution in [2.75, 3.05) is 13.1 Å². The van der Waals surface area contributed by atoms with E-state index >= 15 is 0 Å². The summed E-state index contributed by atoms with van der Waals surface area (Å²) in [7, 11) is 0. The van der Waals surface area contributed by atoms with Crippen molar-refractivity contribution in [2.45, 2.75) is 52.6 Å². The van der Waals surface area contributed by atoms with E-state index < -0.39 is 5.60 Å². The van der Waals surface area contributed by atoms with Crippen LogP contribution in [0.15, 0.2) is 4.52 Å². The van der Waals surface area contributed by atoms with Crippen LogP contribution in [0, 0.1) is 12.8 Å². The van der Waals surface area contributed by atoms with Crippen molar-refractivity contribution in [2.24, 2.45) is 5.92 Å². The Kier molecular flexibility index (Phi) is 6.61. The molecule has 0 aromatic carbocycles. The van der Waals surface area contributed by atoms with E-state index in [4.69, 9.17) is 4.52 Å². The van der Waals surface area contributed by atoms with E-state index in [-0.39, 0.29) is 12.6 Å². The van der Waals surface area contributed by atoms with Crippen molar-refractivity contribution in [3.8, 4) is 0 Å². The summed E-state index contributed by atoms with van der Waals surface area (Å²) in [6, 6.07) is -0.309. The highest BCUT2D eigenvalue weighted by molar-refractivity contribution is 5.73. The second-order valence-electron chi connectivity index (χ2n) is 6.02. The van der Waals surface area contributed by atoms with Gasteiger partial charge >= 0.3 is 6.03 Å². The molecule has 3 N–H and O–H groups in total. The molecule has 1 rings (SSSR count). The lowest BCUT2D eigenvalue weighted by molar-refractivity contribution is 0.0477. The van der Waals surface area contributed by atoms with Gasteiger partial charge in [0.2, 0.25) is 5.89 Å². The minimum absolute atomic E-state index is 0.227. The van der Waals surface area contributed by atoms with Gasteiger partial charge in [0.05, 0.1) is 5.60 Å². The van der Waals surface area contributed by atoms with Gasteiger partial charge < -0.3 is 20.3 Å². The smallest absolute Gasteiger partial charge is 0.314 e. The SMILES string of the molecule is Cc1noc(CCNC(=O)NCC(C)(O)CCC(C)C)n1. The average Bonchev–Trinajstić information content (AvgIpc) is 2.80. The average molecular weight is 298 g/mol. The highest BCUT2D eigenvalue weighted by Crippen LogP contribution is 2.15. The van der Waals surface area contributed by atoms with E-state index in [0.717, 1.165) is 6.42 Å². The van der Waals surface area contributed by atoms with E-state index in [9.17, 15) is 9.90 Å². The van der Waals surface area contributed by atoms with E-state index in [2.05, 4.69) is 34.6 Å². The van der Waals surface area contributed by atoms with Gasteiger partial charge in [-0.25, -0.2) is 4.79 Å². The molecular formula is C14H26N4O3. The molecule has 0 aliphatic carbocycles. The Labute approximate surface area is 125 Å². The standard InChI is InChI=1S/C14H26N4O3/c1-10(2)5-7-14(4,20)9-16-13(19)15-8-6-12-17-11(3)18-21-12/h10,20H,5-9H2,1-4H3,(H2,15,16,19). The normalized spacial score (nSPS) is 14.0. The van der Waals surface area contributed by atoms with Gasteiger partial charge in [0, 0.05) is 19.5 Å². The molecule has 1 aromatic heterocycles. The third kappa shape index (κ3) is 7.65. The number of nitrogens with zero attached hydrogens (tertiary/aromatic N) is 2. The van der Waals surface area contributed by atoms with Crippen LogP contribution in [0.2, 0.25) is 0 Å². The van der Waals surface area contributed by atoms with Crippen molar-refractivity contribution < 1.29 is 14.4 Å². The molecule has 0 radical (unpaired) electrons. The number of aromatic nitrogens is 2. The second kappa shape index (κ2) is 7.97. The molecule has 0 aliphatic rings. The van der Waals surface area contributed by atoms with E-state index in [1.165, 1.54) is 0 Å². The summed E-state index contributed by atoms with van der Waals surface area (Å²) < 4.78 is 4.94. The molecule has 120 valence electrons. The summed E-state index contributed by atoms with van der Waals surface area (Å²) in [6.45, 7) is 8.32. The number of amides is 2. The predicted octanol–water partition coefficient (Wildman–Crippen LogP) is 1.41. The van der Waals surface area contributed by atoms with Gasteiger partial charge in [-0.2, -0.15) is 4.98 Å². The molecular weight excluding hydrogens is 272 g/mol. The number of rotatable bonds is 8. The Hall–Kier alpha value is -1.63. The molecule has 1 atom stereocenters. The lowest BCUT2D eigenvalue weighted by Crippen LogP contribution is -2.45. The van der Waals surface area contributed by atoms with Crippen molar-refractivity contribution in [3.63, 3.8) is 0 Å². The van der Waals surface area contributed by atoms with Gasteiger partial charge in [-0.3, -0.25) is 0 Å². The van der Waals surface area contributed by atoms with Crippen molar-refractivity contribution in [1.29, 1.82) is 0 Å². The molecule has 2 amide bonds. The zero-order valence-electron chi connectivity index (χ0n) is 13.3. The second-order valence-corrected chi connectivity index (χ2v) is 6.02. The third-order valence-electron chi connectivity index (χ3n) is 3.08. The number of nitrogens with one attached hydrogen (secondary N) is 2. The maximum atomic E-state index is 11.6. The fraction of sp³-hybridized carbons (Fsp3) is 0.786. The van der Waals surface area contributed by atoms with E-state index in [1.807, 2.05) is 0 Å². The quantitative estimate of drug-likeness (QED) is 0.673. The molecule has 0 saturated heterocycles. The summed E-state index contributed by atoms with van der Waals surface area (Å²) in [5, 5.41) is 19.2. The van der Waals surface area contributed by atoms with Gasteiger partial charge in [0.15, 0.2) is 5.82 Å². The fourth-order valence-electron chi connectivity index (χ4n) is 1.75. The first-order chi connectivity index (χ1) is 9.78. The zero-order chi connectivity index (χ0) is 15.9. The first-order valence-corrected chi connectivity index (χ1v) is 7.32. The van der Waals surface area contributed by atoms with Crippen LogP contribution in [0.4, 0.5) is 4.79 Å². The van der Waals surface area contributed by atoms with Crippen LogP contribution in [-0.2, 0) is 6.42 Å². The van der Waals surface area contributed by atoms with Gasteiger partial charge in [0.25, 0.3) is 0 Å². The molecule has 0 fully saturated rings. The molecule has 7 heteroatoms. The highest BCUT2D eigenvalue weighted by atomic mass is 16.5. The number of carbonyl (C=O) groups is 1. The van der Waals surface area contributed by atoms with Gasteiger partial charge in [-0.15, -0.1) is 0 Å². The number of carbonyl (C=O) groups excluding carboxylic acids is 1. The van der Waals surface area contributed by atoms with Gasteiger partial charge in [-0.1, -0.05) is 19.0 Å². The topological polar surface area (TPSA) is 100 Å². The molecule has 21 heavy (non-hydrogen) atoms. The summed E-state index contributed by atoms with van der Waals surface area (Å²) in [5.74, 6) is 1.61. The summed E-state index contributed by atoms with van der Waals surface area (Å²) in [6.07, 6.45) is 2.07. The minimum atomic E-state index is -0.884. The monoisotopic (exact) mass is 298 g/mol. The summed E-state index contributed by atoms with van der Waals surface area (Å²) >= 11 is 0. The zero-order valence-corrected chi connectivity index (χ0v) is 13.3. The number of aryl methyl sites for hydroxylation is 1. The molecule has 1 aromatic rings. The Bertz CT molecular complexity index is 443. The van der Waals surface area contributed by atoms with Crippen LogP contribution in [0.1, 0.15) is 45.3 Å². The Morgan fingerprint density at radius 2 is 2.14 bits per heavy atom. The van der Waals surface area contributed by atoms with Crippen LogP contribution >= 0.6 is 0 Å². The number of urea groups is 1. The third-order valence-corrected chi connectivity index (χ3v) is 3.08. The largest absolute Gasteiger partial charge is 0.388 e. The highest BCUT2D eigenvalue weighted by Gasteiger charge is 2.21. The van der Waals surface area contributed by atoms with E-state index in [0.29, 0.717) is 37.0 Å². The summed E-state index contributed by atoms with van der Waals surface area (Å²) in [5.41, 5.74) is -0.884. The van der Waals surface area contributed by atoms with Crippen LogP contribution in [0.3, 0.4) is 0 Å². The Morgan fingerprint density at radius 1 is 1.43 bits per heavy atom. The van der Waals surface area contributed by atoms with E-state index in [1.54, 1.807) is 13.8 Å². The number of hydrogen-bond acceptors (Lipinski definition) is 5. The van der Waals surface area contributed by atoms with Crippen molar-refractivity contribution in [1.82, 2.24) is 20.8 Å². The maximum Gasteiger partial charge on any atom is 0.314 e. The molecule has 1 heterocycles. The Balaban J connectivity index is 2.18. The van der Waals surface area contributed by atoms with Crippen LogP contribution in [0.25, 0.3) is 0 Å². The Morgan fingerprint density at radius 3 is 2.71 bits per heavy atom. The molecule has 1 unspecified atom stereocenters. The van der Waals surface area contributed by atoms with Crippen molar-refractivity contribution >= 4 is 6.03 Å². The van der Waals surface area contributed by atoms with Crippen LogP contribution < -0.4 is 10.6 Å². The molecule has 0 saturated carbocycles. The molecule has 0 aliphatic heterocycles. The fourth-order valence-corrected chi connectivity index (χ4v) is 1.75. The summed E-state index contributed by atoms with van der Waals surface area (Å²) in [4.78, 5) is 15.7. The predicted molar refractivity (Wildman–Crippen MR) is 78.8 cm³/mol. The first-order valence-electron chi connectivity index (χ1n) is 7.32. The number of aliphatic hydroxyl groups is 1. The first kappa shape index (κ1) is 17.4.